The number of carbonyl (C=O) groups is 1. The summed E-state index contributed by atoms with van der Waals surface area (Å²) in [7, 11) is 2.94. The van der Waals surface area contributed by atoms with Crippen LogP contribution in [0.25, 0.3) is 0 Å². The number of rotatable bonds is 7. The van der Waals surface area contributed by atoms with Gasteiger partial charge in [0.05, 0.1) is 18.6 Å². The summed E-state index contributed by atoms with van der Waals surface area (Å²) < 4.78 is 10.7. The molecule has 0 heterocycles. The number of methoxy groups -OCH3 is 1. The number of aryl methyl sites for hydroxylation is 1. The number of nitro benzene ring substituents is 1. The Hall–Kier alpha value is -1.67. The van der Waals surface area contributed by atoms with Crippen LogP contribution in [0.4, 0.5) is 5.69 Å². The molecule has 0 amide bonds. The third kappa shape index (κ3) is 4.68. The largest absolute Gasteiger partial charge is 0.487 e. The number of nitro groups is 1. The van der Waals surface area contributed by atoms with Crippen molar-refractivity contribution in [1.82, 2.24) is 5.32 Å². The molecule has 8 heteroatoms. The molecular weight excluding hydrogens is 344 g/mol. The van der Waals surface area contributed by atoms with Gasteiger partial charge in [-0.2, -0.15) is 0 Å². The first-order valence-corrected chi connectivity index (χ1v) is 7.02. The normalized spacial score (nSPS) is 11.8. The molecule has 0 spiro atoms. The Balaban J connectivity index is 2.80. The summed E-state index contributed by atoms with van der Waals surface area (Å²) in [5, 5.41) is 13.9. The van der Waals surface area contributed by atoms with E-state index in [2.05, 4.69) is 26.0 Å². The second kappa shape index (κ2) is 7.94. The lowest BCUT2D eigenvalue weighted by molar-refractivity contribution is -0.386. The molecule has 7 nitrogen and oxygen atoms in total. The van der Waals surface area contributed by atoms with Crippen molar-refractivity contribution in [1.29, 1.82) is 0 Å². The summed E-state index contributed by atoms with van der Waals surface area (Å²) in [5.74, 6) is -0.189. The molecule has 0 saturated carbocycles. The van der Waals surface area contributed by atoms with Gasteiger partial charge in [-0.05, 0) is 25.6 Å². The molecule has 1 aromatic rings. The van der Waals surface area contributed by atoms with Gasteiger partial charge < -0.3 is 14.8 Å². The molecule has 1 atom stereocenters. The second-order valence-electron chi connectivity index (χ2n) is 4.33. The van der Waals surface area contributed by atoms with E-state index in [0.29, 0.717) is 16.5 Å². The topological polar surface area (TPSA) is 90.7 Å². The Bertz CT molecular complexity index is 536. The number of hydrogen-bond acceptors (Lipinski definition) is 6. The van der Waals surface area contributed by atoms with Gasteiger partial charge in [-0.25, -0.2) is 0 Å². The maximum Gasteiger partial charge on any atom is 0.322 e. The fourth-order valence-electron chi connectivity index (χ4n) is 1.84. The van der Waals surface area contributed by atoms with E-state index in [1.54, 1.807) is 20.0 Å². The first-order chi connectivity index (χ1) is 9.90. The summed E-state index contributed by atoms with van der Waals surface area (Å²) in [4.78, 5) is 22.0. The highest BCUT2D eigenvalue weighted by Crippen LogP contribution is 2.34. The fraction of sp³-hybridized carbons (Fsp3) is 0.462. The zero-order valence-electron chi connectivity index (χ0n) is 12.0. The smallest absolute Gasteiger partial charge is 0.322 e. The van der Waals surface area contributed by atoms with E-state index < -0.39 is 16.9 Å². The molecule has 21 heavy (non-hydrogen) atoms. The highest BCUT2D eigenvalue weighted by molar-refractivity contribution is 9.10. The molecular formula is C13H17BrN2O5. The van der Waals surface area contributed by atoms with Crippen LogP contribution < -0.4 is 10.1 Å². The van der Waals surface area contributed by atoms with E-state index in [9.17, 15) is 14.9 Å². The SMILES string of the molecule is CNC(CCOc1c(C)cc(Br)cc1[N+](=O)[O-])C(=O)OC. The van der Waals surface area contributed by atoms with Crippen molar-refractivity contribution in [2.75, 3.05) is 20.8 Å². The fourth-order valence-corrected chi connectivity index (χ4v) is 2.40. The van der Waals surface area contributed by atoms with Gasteiger partial charge in [-0.3, -0.25) is 14.9 Å². The highest BCUT2D eigenvalue weighted by Gasteiger charge is 2.21. The quantitative estimate of drug-likeness (QED) is 0.455. The van der Waals surface area contributed by atoms with Gasteiger partial charge in [0.25, 0.3) is 0 Å². The van der Waals surface area contributed by atoms with Crippen LogP contribution in [0, 0.1) is 17.0 Å². The molecule has 1 unspecified atom stereocenters. The summed E-state index contributed by atoms with van der Waals surface area (Å²) in [5.41, 5.74) is 0.538. The molecule has 0 aliphatic rings. The lowest BCUT2D eigenvalue weighted by Crippen LogP contribution is -2.36. The standard InChI is InChI=1S/C13H17BrN2O5/c1-8-6-9(14)7-11(16(18)19)12(8)21-5-4-10(15-2)13(17)20-3/h6-7,10,15H,4-5H2,1-3H3. The number of hydrogen-bond donors (Lipinski definition) is 1. The first kappa shape index (κ1) is 17.4. The lowest BCUT2D eigenvalue weighted by Gasteiger charge is -2.15. The molecule has 0 fully saturated rings. The maximum absolute atomic E-state index is 11.4. The summed E-state index contributed by atoms with van der Waals surface area (Å²) >= 11 is 3.22. The third-order valence-electron chi connectivity index (χ3n) is 2.90. The number of esters is 1. The van der Waals surface area contributed by atoms with E-state index in [0.717, 1.165) is 0 Å². The summed E-state index contributed by atoms with van der Waals surface area (Å²) in [6.07, 6.45) is 0.343. The van der Waals surface area contributed by atoms with Crippen molar-refractivity contribution in [2.24, 2.45) is 0 Å². The van der Waals surface area contributed by atoms with Gasteiger partial charge in [0.15, 0.2) is 5.75 Å². The van der Waals surface area contributed by atoms with Crippen molar-refractivity contribution in [2.45, 2.75) is 19.4 Å². The number of nitrogens with zero attached hydrogens (tertiary/aromatic N) is 1. The van der Waals surface area contributed by atoms with Crippen LogP contribution in [0.2, 0.25) is 0 Å². The predicted octanol–water partition coefficient (Wildman–Crippen LogP) is 2.20. The van der Waals surface area contributed by atoms with Crippen molar-refractivity contribution >= 4 is 27.6 Å². The Kier molecular flexibility index (Phi) is 6.57. The minimum Gasteiger partial charge on any atom is -0.487 e. The minimum absolute atomic E-state index is 0.110. The van der Waals surface area contributed by atoms with Crippen LogP contribution in [0.15, 0.2) is 16.6 Å². The van der Waals surface area contributed by atoms with Gasteiger partial charge >= 0.3 is 11.7 Å². The van der Waals surface area contributed by atoms with Crippen molar-refractivity contribution in [3.8, 4) is 5.75 Å². The van der Waals surface area contributed by atoms with Crippen molar-refractivity contribution in [3.05, 3.63) is 32.3 Å². The number of ether oxygens (including phenoxy) is 2. The molecule has 0 radical (unpaired) electrons. The zero-order chi connectivity index (χ0) is 16.0. The van der Waals surface area contributed by atoms with E-state index in [4.69, 9.17) is 4.74 Å². The van der Waals surface area contributed by atoms with E-state index in [1.165, 1.54) is 13.2 Å². The Morgan fingerprint density at radius 3 is 2.71 bits per heavy atom. The van der Waals surface area contributed by atoms with E-state index in [1.807, 2.05) is 0 Å². The van der Waals surface area contributed by atoms with Crippen LogP contribution in [-0.4, -0.2) is 37.7 Å². The minimum atomic E-state index is -0.509. The molecule has 116 valence electrons. The Morgan fingerprint density at radius 1 is 1.52 bits per heavy atom. The molecule has 0 saturated heterocycles. The van der Waals surface area contributed by atoms with Crippen LogP contribution >= 0.6 is 15.9 Å². The molecule has 1 N–H and O–H groups in total. The second-order valence-corrected chi connectivity index (χ2v) is 5.25. The molecule has 0 bridgehead atoms. The summed E-state index contributed by atoms with van der Waals surface area (Å²) in [6, 6.07) is 2.61. The van der Waals surface area contributed by atoms with Gasteiger partial charge in [-0.15, -0.1) is 0 Å². The highest BCUT2D eigenvalue weighted by atomic mass is 79.9. The van der Waals surface area contributed by atoms with Crippen LogP contribution in [0.1, 0.15) is 12.0 Å². The van der Waals surface area contributed by atoms with Gasteiger partial charge in [0.2, 0.25) is 0 Å². The van der Waals surface area contributed by atoms with Crippen LogP contribution in [0.5, 0.6) is 5.75 Å². The van der Waals surface area contributed by atoms with E-state index in [-0.39, 0.29) is 18.0 Å². The summed E-state index contributed by atoms with van der Waals surface area (Å²) in [6.45, 7) is 1.88. The van der Waals surface area contributed by atoms with Gasteiger partial charge in [0, 0.05) is 17.0 Å². The molecule has 1 rings (SSSR count). The molecule has 0 aliphatic carbocycles. The average molecular weight is 361 g/mol. The molecule has 0 aliphatic heterocycles. The van der Waals surface area contributed by atoms with Gasteiger partial charge in [0.1, 0.15) is 6.04 Å². The third-order valence-corrected chi connectivity index (χ3v) is 3.36. The Labute approximate surface area is 130 Å². The number of benzene rings is 1. The zero-order valence-corrected chi connectivity index (χ0v) is 13.6. The first-order valence-electron chi connectivity index (χ1n) is 6.23. The van der Waals surface area contributed by atoms with Crippen LogP contribution in [-0.2, 0) is 9.53 Å². The number of likely N-dealkylation sites (N-methyl/N-ethyl adjacent to an activating group) is 1. The predicted molar refractivity (Wildman–Crippen MR) is 80.5 cm³/mol. The van der Waals surface area contributed by atoms with Crippen molar-refractivity contribution < 1.29 is 19.2 Å². The van der Waals surface area contributed by atoms with Crippen molar-refractivity contribution in [3.63, 3.8) is 0 Å². The number of nitrogens with one attached hydrogen (secondary N) is 1. The molecule has 1 aromatic carbocycles. The Morgan fingerprint density at radius 2 is 2.19 bits per heavy atom. The lowest BCUT2D eigenvalue weighted by atomic mass is 10.2. The monoisotopic (exact) mass is 360 g/mol. The maximum atomic E-state index is 11.4. The number of halogens is 1. The average Bonchev–Trinajstić information content (AvgIpc) is 2.44. The van der Waals surface area contributed by atoms with Gasteiger partial charge in [-0.1, -0.05) is 15.9 Å². The van der Waals surface area contributed by atoms with E-state index >= 15 is 0 Å². The number of carbonyl (C=O) groups excluding carboxylic acids is 1. The molecule has 0 aromatic heterocycles. The van der Waals surface area contributed by atoms with Crippen LogP contribution in [0.3, 0.4) is 0 Å².